The van der Waals surface area contributed by atoms with Gasteiger partial charge < -0.3 is 10.6 Å². The maximum Gasteiger partial charge on any atom is 0.239 e. The third kappa shape index (κ3) is 2.04. The second-order valence-electron chi connectivity index (χ2n) is 3.19. The summed E-state index contributed by atoms with van der Waals surface area (Å²) < 4.78 is 0. The van der Waals surface area contributed by atoms with E-state index in [2.05, 4.69) is 0 Å². The van der Waals surface area contributed by atoms with E-state index in [4.69, 9.17) is 5.73 Å². The standard InChI is InChI=1S/C8H14N2O2/c1-6(9)8(12)10-4-2-3-7(11)5-10/h6H,2-5,9H2,1H3/t6-/m0/s1. The van der Waals surface area contributed by atoms with Crippen molar-refractivity contribution >= 4 is 11.7 Å². The SMILES string of the molecule is C[C@H](N)C(=O)N1CCCC(=O)C1. The third-order valence-corrected chi connectivity index (χ3v) is 1.95. The van der Waals surface area contributed by atoms with Crippen molar-refractivity contribution in [3.63, 3.8) is 0 Å². The van der Waals surface area contributed by atoms with E-state index in [1.807, 2.05) is 0 Å². The van der Waals surface area contributed by atoms with Crippen LogP contribution >= 0.6 is 0 Å². The first kappa shape index (κ1) is 9.19. The van der Waals surface area contributed by atoms with Crippen LogP contribution in [0.25, 0.3) is 0 Å². The lowest BCUT2D eigenvalue weighted by atomic mass is 10.1. The first-order chi connectivity index (χ1) is 5.61. The molecule has 4 heteroatoms. The summed E-state index contributed by atoms with van der Waals surface area (Å²) in [6.07, 6.45) is 1.38. The maximum atomic E-state index is 11.3. The van der Waals surface area contributed by atoms with Crippen LogP contribution in [0.5, 0.6) is 0 Å². The maximum absolute atomic E-state index is 11.3. The van der Waals surface area contributed by atoms with E-state index < -0.39 is 6.04 Å². The second-order valence-corrected chi connectivity index (χ2v) is 3.19. The van der Waals surface area contributed by atoms with Crippen LogP contribution in [0.4, 0.5) is 0 Å². The largest absolute Gasteiger partial charge is 0.334 e. The fourth-order valence-electron chi connectivity index (χ4n) is 1.31. The van der Waals surface area contributed by atoms with Gasteiger partial charge in [-0.1, -0.05) is 0 Å². The first-order valence-electron chi connectivity index (χ1n) is 4.17. The van der Waals surface area contributed by atoms with Crippen molar-refractivity contribution in [1.82, 2.24) is 4.90 Å². The van der Waals surface area contributed by atoms with Gasteiger partial charge in [0.1, 0.15) is 0 Å². The molecule has 0 saturated carbocycles. The van der Waals surface area contributed by atoms with Crippen LogP contribution in [-0.2, 0) is 9.59 Å². The minimum Gasteiger partial charge on any atom is -0.334 e. The number of nitrogens with two attached hydrogens (primary N) is 1. The number of piperidine rings is 1. The number of amides is 1. The number of Topliss-reactive ketones (excluding diaryl/α,β-unsaturated/α-hetero) is 1. The zero-order chi connectivity index (χ0) is 9.14. The van der Waals surface area contributed by atoms with E-state index in [1.165, 1.54) is 4.90 Å². The number of hydrogen-bond acceptors (Lipinski definition) is 3. The molecule has 0 radical (unpaired) electrons. The molecule has 68 valence electrons. The summed E-state index contributed by atoms with van der Waals surface area (Å²) >= 11 is 0. The molecule has 0 bridgehead atoms. The van der Waals surface area contributed by atoms with Crippen molar-refractivity contribution in [1.29, 1.82) is 0 Å². The van der Waals surface area contributed by atoms with Gasteiger partial charge in [0, 0.05) is 13.0 Å². The Kier molecular flexibility index (Phi) is 2.81. The van der Waals surface area contributed by atoms with E-state index in [0.717, 1.165) is 6.42 Å². The summed E-state index contributed by atoms with van der Waals surface area (Å²) in [5.74, 6) is 0.0123. The number of rotatable bonds is 1. The fourth-order valence-corrected chi connectivity index (χ4v) is 1.31. The Labute approximate surface area is 71.7 Å². The van der Waals surface area contributed by atoms with Crippen LogP contribution in [0, 0.1) is 0 Å². The molecule has 0 aromatic heterocycles. The van der Waals surface area contributed by atoms with Crippen LogP contribution < -0.4 is 5.73 Å². The Morgan fingerprint density at radius 2 is 2.33 bits per heavy atom. The molecule has 1 amide bonds. The molecule has 2 N–H and O–H groups in total. The number of nitrogens with zero attached hydrogens (tertiary/aromatic N) is 1. The van der Waals surface area contributed by atoms with E-state index in [-0.39, 0.29) is 18.2 Å². The number of carbonyl (C=O) groups excluding carboxylic acids is 2. The summed E-state index contributed by atoms with van der Waals surface area (Å²) in [6.45, 7) is 2.56. The molecule has 0 unspecified atom stereocenters. The predicted octanol–water partition coefficient (Wildman–Crippen LogP) is -0.475. The van der Waals surface area contributed by atoms with Gasteiger partial charge in [-0.15, -0.1) is 0 Å². The summed E-state index contributed by atoms with van der Waals surface area (Å²) in [5, 5.41) is 0. The molecule has 1 saturated heterocycles. The molecule has 1 aliphatic rings. The van der Waals surface area contributed by atoms with Gasteiger partial charge >= 0.3 is 0 Å². The Hall–Kier alpha value is -0.900. The molecule has 1 atom stereocenters. The molecular weight excluding hydrogens is 156 g/mol. The van der Waals surface area contributed by atoms with E-state index >= 15 is 0 Å². The second kappa shape index (κ2) is 3.67. The molecule has 4 nitrogen and oxygen atoms in total. The first-order valence-corrected chi connectivity index (χ1v) is 4.17. The van der Waals surface area contributed by atoms with Crippen molar-refractivity contribution in [3.05, 3.63) is 0 Å². The van der Waals surface area contributed by atoms with Gasteiger partial charge in [0.25, 0.3) is 0 Å². The molecule has 0 aliphatic carbocycles. The van der Waals surface area contributed by atoms with Crippen molar-refractivity contribution in [2.45, 2.75) is 25.8 Å². The van der Waals surface area contributed by atoms with Gasteiger partial charge in [-0.25, -0.2) is 0 Å². The molecule has 1 rings (SSSR count). The van der Waals surface area contributed by atoms with Crippen molar-refractivity contribution in [2.75, 3.05) is 13.1 Å². The minimum atomic E-state index is -0.490. The molecule has 1 aliphatic heterocycles. The summed E-state index contributed by atoms with van der Waals surface area (Å²) in [6, 6.07) is -0.490. The van der Waals surface area contributed by atoms with Crippen LogP contribution in [0.3, 0.4) is 0 Å². The van der Waals surface area contributed by atoms with Crippen LogP contribution in [-0.4, -0.2) is 35.7 Å². The van der Waals surface area contributed by atoms with Crippen LogP contribution in [0.2, 0.25) is 0 Å². The highest BCUT2D eigenvalue weighted by Crippen LogP contribution is 2.06. The smallest absolute Gasteiger partial charge is 0.239 e. The van der Waals surface area contributed by atoms with E-state index in [9.17, 15) is 9.59 Å². The molecule has 0 aromatic rings. The molecule has 0 aromatic carbocycles. The van der Waals surface area contributed by atoms with Gasteiger partial charge in [0.05, 0.1) is 12.6 Å². The molecule has 1 fully saturated rings. The Morgan fingerprint density at radius 1 is 1.67 bits per heavy atom. The average molecular weight is 170 g/mol. The predicted molar refractivity (Wildman–Crippen MR) is 44.5 cm³/mol. The van der Waals surface area contributed by atoms with E-state index in [1.54, 1.807) is 6.92 Å². The zero-order valence-corrected chi connectivity index (χ0v) is 7.25. The van der Waals surface area contributed by atoms with Crippen molar-refractivity contribution in [3.8, 4) is 0 Å². The quantitative estimate of drug-likeness (QED) is 0.578. The lowest BCUT2D eigenvalue weighted by molar-refractivity contribution is -0.138. The molecule has 12 heavy (non-hydrogen) atoms. The van der Waals surface area contributed by atoms with E-state index in [0.29, 0.717) is 13.0 Å². The van der Waals surface area contributed by atoms with Gasteiger partial charge in [-0.05, 0) is 13.3 Å². The normalized spacial score (nSPS) is 20.8. The highest BCUT2D eigenvalue weighted by molar-refractivity contribution is 5.89. The van der Waals surface area contributed by atoms with Gasteiger partial charge in [0.2, 0.25) is 5.91 Å². The number of ketones is 1. The molecule has 0 spiro atoms. The Bertz CT molecular complexity index is 201. The highest BCUT2D eigenvalue weighted by atomic mass is 16.2. The average Bonchev–Trinajstić information content (AvgIpc) is 2.03. The zero-order valence-electron chi connectivity index (χ0n) is 7.25. The Balaban J connectivity index is 2.51. The summed E-state index contributed by atoms with van der Waals surface area (Å²) in [4.78, 5) is 23.8. The third-order valence-electron chi connectivity index (χ3n) is 1.95. The van der Waals surface area contributed by atoms with Gasteiger partial charge in [-0.2, -0.15) is 0 Å². The summed E-state index contributed by atoms with van der Waals surface area (Å²) in [7, 11) is 0. The lowest BCUT2D eigenvalue weighted by Crippen LogP contribution is -2.47. The Morgan fingerprint density at radius 3 is 2.83 bits per heavy atom. The summed E-state index contributed by atoms with van der Waals surface area (Å²) in [5.41, 5.74) is 5.41. The topological polar surface area (TPSA) is 63.4 Å². The van der Waals surface area contributed by atoms with Crippen LogP contribution in [0.1, 0.15) is 19.8 Å². The highest BCUT2D eigenvalue weighted by Gasteiger charge is 2.23. The molecular formula is C8H14N2O2. The van der Waals surface area contributed by atoms with Gasteiger partial charge in [0.15, 0.2) is 5.78 Å². The van der Waals surface area contributed by atoms with Crippen molar-refractivity contribution in [2.24, 2.45) is 5.73 Å². The number of likely N-dealkylation sites (tertiary alicyclic amines) is 1. The number of hydrogen-bond donors (Lipinski definition) is 1. The minimum absolute atomic E-state index is 0.122. The molecule has 1 heterocycles. The van der Waals surface area contributed by atoms with Gasteiger partial charge in [-0.3, -0.25) is 9.59 Å². The van der Waals surface area contributed by atoms with Crippen molar-refractivity contribution < 1.29 is 9.59 Å². The lowest BCUT2D eigenvalue weighted by Gasteiger charge is -2.27. The monoisotopic (exact) mass is 170 g/mol. The number of carbonyl (C=O) groups is 2. The fraction of sp³-hybridized carbons (Fsp3) is 0.750. The van der Waals surface area contributed by atoms with Crippen LogP contribution in [0.15, 0.2) is 0 Å².